The molecule has 0 aliphatic carbocycles. The number of benzene rings is 1. The van der Waals surface area contributed by atoms with Gasteiger partial charge in [-0.15, -0.1) is 11.3 Å². The molecular formula is C13H13BrINS. The zero-order chi connectivity index (χ0) is 12.3. The van der Waals surface area contributed by atoms with Crippen molar-refractivity contribution in [2.24, 2.45) is 0 Å². The Hall–Kier alpha value is 0.0900. The van der Waals surface area contributed by atoms with Crippen LogP contribution in [0.25, 0.3) is 0 Å². The van der Waals surface area contributed by atoms with Crippen molar-refractivity contribution >= 4 is 49.9 Å². The summed E-state index contributed by atoms with van der Waals surface area (Å²) >= 11 is 7.75. The number of hydrogen-bond acceptors (Lipinski definition) is 2. The highest BCUT2D eigenvalue weighted by Gasteiger charge is 2.13. The Balaban J connectivity index is 2.20. The standard InChI is InChI=1S/C13H13BrINS/c1-16-12(8-13-11(14)5-6-17-13)9-3-2-4-10(15)7-9/h2-7,12,16H,8H2,1H3. The average molecular weight is 422 g/mol. The van der Waals surface area contributed by atoms with E-state index in [0.717, 1.165) is 6.42 Å². The van der Waals surface area contributed by atoms with Gasteiger partial charge in [-0.1, -0.05) is 12.1 Å². The summed E-state index contributed by atoms with van der Waals surface area (Å²) < 4.78 is 2.50. The van der Waals surface area contributed by atoms with Gasteiger partial charge in [-0.05, 0) is 74.7 Å². The Morgan fingerprint density at radius 2 is 2.24 bits per heavy atom. The van der Waals surface area contributed by atoms with Gasteiger partial charge in [0.05, 0.1) is 0 Å². The molecule has 1 heterocycles. The molecule has 4 heteroatoms. The summed E-state index contributed by atoms with van der Waals surface area (Å²) in [5, 5.41) is 5.52. The van der Waals surface area contributed by atoms with E-state index in [4.69, 9.17) is 0 Å². The lowest BCUT2D eigenvalue weighted by molar-refractivity contribution is 0.595. The number of thiophene rings is 1. The van der Waals surface area contributed by atoms with Crippen molar-refractivity contribution in [1.82, 2.24) is 5.32 Å². The molecule has 90 valence electrons. The lowest BCUT2D eigenvalue weighted by Crippen LogP contribution is -2.18. The topological polar surface area (TPSA) is 12.0 Å². The second kappa shape index (κ2) is 6.31. The van der Waals surface area contributed by atoms with Crippen LogP contribution in [0.15, 0.2) is 40.2 Å². The first-order chi connectivity index (χ1) is 8.20. The largest absolute Gasteiger partial charge is 0.313 e. The van der Waals surface area contributed by atoms with Crippen molar-refractivity contribution in [2.45, 2.75) is 12.5 Å². The monoisotopic (exact) mass is 421 g/mol. The van der Waals surface area contributed by atoms with Crippen LogP contribution in [-0.4, -0.2) is 7.05 Å². The maximum absolute atomic E-state index is 3.59. The van der Waals surface area contributed by atoms with Crippen molar-refractivity contribution in [3.8, 4) is 0 Å². The third-order valence-corrected chi connectivity index (χ3v) is 5.30. The van der Waals surface area contributed by atoms with Crippen LogP contribution in [-0.2, 0) is 6.42 Å². The summed E-state index contributed by atoms with van der Waals surface area (Å²) in [6, 6.07) is 11.2. The van der Waals surface area contributed by atoms with Crippen LogP contribution in [0.3, 0.4) is 0 Å². The summed E-state index contributed by atoms with van der Waals surface area (Å²) in [6.07, 6.45) is 1.02. The van der Waals surface area contributed by atoms with Gasteiger partial charge in [-0.25, -0.2) is 0 Å². The normalized spacial score (nSPS) is 12.6. The molecule has 1 aromatic carbocycles. The number of hydrogen-bond donors (Lipinski definition) is 1. The molecule has 1 unspecified atom stereocenters. The molecule has 0 aliphatic heterocycles. The highest BCUT2D eigenvalue weighted by molar-refractivity contribution is 14.1. The summed E-state index contributed by atoms with van der Waals surface area (Å²) in [7, 11) is 2.02. The second-order valence-corrected chi connectivity index (χ2v) is 6.89. The van der Waals surface area contributed by atoms with Crippen LogP contribution in [0, 0.1) is 3.57 Å². The van der Waals surface area contributed by atoms with Crippen LogP contribution in [0.4, 0.5) is 0 Å². The van der Waals surface area contributed by atoms with Crippen molar-refractivity contribution < 1.29 is 0 Å². The van der Waals surface area contributed by atoms with Gasteiger partial charge in [0.25, 0.3) is 0 Å². The van der Waals surface area contributed by atoms with Crippen molar-refractivity contribution in [1.29, 1.82) is 0 Å². The first-order valence-corrected chi connectivity index (χ1v) is 8.10. The summed E-state index contributed by atoms with van der Waals surface area (Å²) in [5.41, 5.74) is 1.35. The van der Waals surface area contributed by atoms with Crippen LogP contribution in [0.5, 0.6) is 0 Å². The van der Waals surface area contributed by atoms with E-state index in [1.54, 1.807) is 11.3 Å². The van der Waals surface area contributed by atoms with Gasteiger partial charge in [0.1, 0.15) is 0 Å². The lowest BCUT2D eigenvalue weighted by atomic mass is 10.0. The zero-order valence-corrected chi connectivity index (χ0v) is 14.0. The van der Waals surface area contributed by atoms with Crippen LogP contribution in [0.1, 0.15) is 16.5 Å². The minimum Gasteiger partial charge on any atom is -0.313 e. The molecule has 0 saturated heterocycles. The molecule has 0 saturated carbocycles. The fourth-order valence-electron chi connectivity index (χ4n) is 1.77. The van der Waals surface area contributed by atoms with E-state index < -0.39 is 0 Å². The minimum atomic E-state index is 0.375. The molecular weight excluding hydrogens is 409 g/mol. The molecule has 0 radical (unpaired) electrons. The van der Waals surface area contributed by atoms with Gasteiger partial charge in [0.2, 0.25) is 0 Å². The van der Waals surface area contributed by atoms with Crippen molar-refractivity contribution in [3.05, 3.63) is 54.2 Å². The molecule has 0 spiro atoms. The van der Waals surface area contributed by atoms with Gasteiger partial charge in [-0.3, -0.25) is 0 Å². The Labute approximate surface area is 128 Å². The van der Waals surface area contributed by atoms with Crippen molar-refractivity contribution in [3.63, 3.8) is 0 Å². The maximum atomic E-state index is 3.59. The molecule has 1 N–H and O–H groups in total. The van der Waals surface area contributed by atoms with Gasteiger partial charge in [0.15, 0.2) is 0 Å². The van der Waals surface area contributed by atoms with Crippen LogP contribution >= 0.6 is 49.9 Å². The fourth-order valence-corrected chi connectivity index (χ4v) is 3.89. The van der Waals surface area contributed by atoms with Crippen molar-refractivity contribution in [2.75, 3.05) is 7.05 Å². The Morgan fingerprint density at radius 3 is 2.82 bits per heavy atom. The van der Waals surface area contributed by atoms with E-state index in [9.17, 15) is 0 Å². The highest BCUT2D eigenvalue weighted by Crippen LogP contribution is 2.28. The molecule has 0 bridgehead atoms. The summed E-state index contributed by atoms with van der Waals surface area (Å²) in [5.74, 6) is 0. The van der Waals surface area contributed by atoms with E-state index in [-0.39, 0.29) is 0 Å². The van der Waals surface area contributed by atoms with E-state index >= 15 is 0 Å². The Morgan fingerprint density at radius 1 is 1.41 bits per heavy atom. The Kier molecular flexibility index (Phi) is 5.02. The first-order valence-electron chi connectivity index (χ1n) is 5.35. The molecule has 2 rings (SSSR count). The van der Waals surface area contributed by atoms with Gasteiger partial charge in [0, 0.05) is 25.4 Å². The van der Waals surface area contributed by atoms with E-state index in [0.29, 0.717) is 6.04 Å². The van der Waals surface area contributed by atoms with Gasteiger partial charge < -0.3 is 5.32 Å². The van der Waals surface area contributed by atoms with E-state index in [1.807, 2.05) is 7.05 Å². The maximum Gasteiger partial charge on any atom is 0.0367 e. The molecule has 17 heavy (non-hydrogen) atoms. The fraction of sp³-hybridized carbons (Fsp3) is 0.231. The smallest absolute Gasteiger partial charge is 0.0367 e. The molecule has 0 aliphatic rings. The highest BCUT2D eigenvalue weighted by atomic mass is 127. The second-order valence-electron chi connectivity index (χ2n) is 3.79. The zero-order valence-electron chi connectivity index (χ0n) is 9.41. The lowest BCUT2D eigenvalue weighted by Gasteiger charge is -2.16. The third kappa shape index (κ3) is 3.53. The molecule has 2 aromatic rings. The number of halogens is 2. The quantitative estimate of drug-likeness (QED) is 0.710. The van der Waals surface area contributed by atoms with Crippen LogP contribution in [0.2, 0.25) is 0 Å². The van der Waals surface area contributed by atoms with E-state index in [1.165, 1.54) is 18.5 Å². The first kappa shape index (κ1) is 13.5. The van der Waals surface area contributed by atoms with Gasteiger partial charge >= 0.3 is 0 Å². The molecule has 1 atom stereocenters. The van der Waals surface area contributed by atoms with E-state index in [2.05, 4.69) is 79.5 Å². The molecule has 1 nitrogen and oxygen atoms in total. The minimum absolute atomic E-state index is 0.375. The van der Waals surface area contributed by atoms with Crippen LogP contribution < -0.4 is 5.32 Å². The third-order valence-electron chi connectivity index (χ3n) is 2.68. The predicted octanol–water partition coefficient (Wildman–Crippen LogP) is 4.62. The summed E-state index contributed by atoms with van der Waals surface area (Å²) in [4.78, 5) is 1.39. The summed E-state index contributed by atoms with van der Waals surface area (Å²) in [6.45, 7) is 0. The Bertz CT molecular complexity index is 498. The number of nitrogens with one attached hydrogen (secondary N) is 1. The number of rotatable bonds is 4. The SMILES string of the molecule is CNC(Cc1sccc1Br)c1cccc(I)c1. The predicted molar refractivity (Wildman–Crippen MR) is 86.7 cm³/mol. The average Bonchev–Trinajstić information content (AvgIpc) is 2.71. The van der Waals surface area contributed by atoms with Gasteiger partial charge in [-0.2, -0.15) is 0 Å². The molecule has 1 aromatic heterocycles. The number of likely N-dealkylation sites (N-methyl/N-ethyl adjacent to an activating group) is 1. The molecule has 0 amide bonds. The molecule has 0 fully saturated rings.